The fourth-order valence-corrected chi connectivity index (χ4v) is 2.11. The van der Waals surface area contributed by atoms with Gasteiger partial charge in [-0.05, 0) is 6.42 Å². The van der Waals surface area contributed by atoms with Gasteiger partial charge in [0.15, 0.2) is 0 Å². The van der Waals surface area contributed by atoms with E-state index in [2.05, 4.69) is 11.9 Å². The van der Waals surface area contributed by atoms with Crippen molar-refractivity contribution in [2.75, 3.05) is 6.54 Å². The van der Waals surface area contributed by atoms with Crippen molar-refractivity contribution >= 4 is 11.8 Å². The molecule has 1 aromatic rings. The van der Waals surface area contributed by atoms with Gasteiger partial charge in [-0.1, -0.05) is 19.8 Å². The lowest BCUT2D eigenvalue weighted by Crippen LogP contribution is -2.32. The number of hydrogen-bond acceptors (Lipinski definition) is 3. The van der Waals surface area contributed by atoms with E-state index in [9.17, 15) is 9.59 Å². The summed E-state index contributed by atoms with van der Waals surface area (Å²) in [5.74, 6) is -0.158. The third-order valence-corrected chi connectivity index (χ3v) is 3.09. The maximum absolute atomic E-state index is 12.1. The van der Waals surface area contributed by atoms with Crippen LogP contribution < -0.4 is 0 Å². The second kappa shape index (κ2) is 5.12. The fraction of sp³-hybridized carbons (Fsp3) is 0.583. The lowest BCUT2D eigenvalue weighted by molar-refractivity contribution is -0.139. The second-order valence-electron chi connectivity index (χ2n) is 4.32. The maximum atomic E-state index is 12.1. The Morgan fingerprint density at radius 1 is 1.41 bits per heavy atom. The van der Waals surface area contributed by atoms with Crippen LogP contribution in [0, 0.1) is 0 Å². The average molecular weight is 235 g/mol. The summed E-state index contributed by atoms with van der Waals surface area (Å²) in [7, 11) is 0. The molecule has 0 saturated carbocycles. The number of nitrogens with zero attached hydrogens (tertiary/aromatic N) is 3. The molecule has 0 spiro atoms. The lowest BCUT2D eigenvalue weighted by atomic mass is 10.2. The van der Waals surface area contributed by atoms with Crippen molar-refractivity contribution in [3.8, 4) is 0 Å². The molecule has 0 N–H and O–H groups in total. The van der Waals surface area contributed by atoms with Crippen molar-refractivity contribution in [2.45, 2.75) is 38.6 Å². The number of hydrogen-bond donors (Lipinski definition) is 0. The number of amides is 2. The van der Waals surface area contributed by atoms with Crippen LogP contribution in [-0.2, 0) is 9.59 Å². The van der Waals surface area contributed by atoms with Crippen LogP contribution in [0.4, 0.5) is 0 Å². The minimum absolute atomic E-state index is 0.0650. The van der Waals surface area contributed by atoms with Crippen molar-refractivity contribution < 1.29 is 9.59 Å². The highest BCUT2D eigenvalue weighted by Crippen LogP contribution is 2.24. The predicted molar refractivity (Wildman–Crippen MR) is 62.1 cm³/mol. The van der Waals surface area contributed by atoms with Gasteiger partial charge in [-0.15, -0.1) is 0 Å². The molecule has 0 bridgehead atoms. The van der Waals surface area contributed by atoms with E-state index in [0.717, 1.165) is 19.3 Å². The highest BCUT2D eigenvalue weighted by Gasteiger charge is 2.38. The molecule has 1 saturated heterocycles. The van der Waals surface area contributed by atoms with E-state index in [4.69, 9.17) is 0 Å². The van der Waals surface area contributed by atoms with Crippen LogP contribution in [0.25, 0.3) is 0 Å². The molecule has 92 valence electrons. The van der Waals surface area contributed by atoms with Gasteiger partial charge in [-0.2, -0.15) is 0 Å². The van der Waals surface area contributed by atoms with Crippen LogP contribution in [0.15, 0.2) is 18.7 Å². The molecular formula is C12H17N3O2. The number of aromatic nitrogens is 2. The van der Waals surface area contributed by atoms with Gasteiger partial charge in [0, 0.05) is 18.9 Å². The van der Waals surface area contributed by atoms with E-state index in [0.29, 0.717) is 6.54 Å². The van der Waals surface area contributed by atoms with Gasteiger partial charge in [0.1, 0.15) is 6.04 Å². The van der Waals surface area contributed by atoms with Crippen molar-refractivity contribution in [3.63, 3.8) is 0 Å². The highest BCUT2D eigenvalue weighted by molar-refractivity contribution is 6.04. The summed E-state index contributed by atoms with van der Waals surface area (Å²) < 4.78 is 1.71. The minimum atomic E-state index is -0.383. The van der Waals surface area contributed by atoms with Gasteiger partial charge >= 0.3 is 0 Å². The smallest absolute Gasteiger partial charge is 0.252 e. The molecule has 0 aromatic carbocycles. The monoisotopic (exact) mass is 235 g/mol. The van der Waals surface area contributed by atoms with E-state index >= 15 is 0 Å². The molecule has 5 nitrogen and oxygen atoms in total. The summed E-state index contributed by atoms with van der Waals surface area (Å²) in [6.07, 6.45) is 8.23. The molecule has 1 atom stereocenters. The molecule has 0 radical (unpaired) electrons. The largest absolute Gasteiger partial charge is 0.324 e. The first-order valence-electron chi connectivity index (χ1n) is 6.05. The number of imide groups is 1. The van der Waals surface area contributed by atoms with Crippen LogP contribution in [-0.4, -0.2) is 32.8 Å². The summed E-state index contributed by atoms with van der Waals surface area (Å²) in [5, 5.41) is 0. The van der Waals surface area contributed by atoms with Gasteiger partial charge in [0.2, 0.25) is 5.91 Å². The van der Waals surface area contributed by atoms with Gasteiger partial charge in [-0.3, -0.25) is 14.5 Å². The maximum Gasteiger partial charge on any atom is 0.252 e. The van der Waals surface area contributed by atoms with Gasteiger partial charge < -0.3 is 4.57 Å². The van der Waals surface area contributed by atoms with Crippen LogP contribution in [0.5, 0.6) is 0 Å². The summed E-state index contributed by atoms with van der Waals surface area (Å²) in [6.45, 7) is 2.65. The third kappa shape index (κ3) is 2.38. The molecule has 17 heavy (non-hydrogen) atoms. The molecule has 2 rings (SSSR count). The number of rotatable bonds is 5. The normalized spacial score (nSPS) is 20.3. The van der Waals surface area contributed by atoms with Crippen molar-refractivity contribution in [1.82, 2.24) is 14.5 Å². The summed E-state index contributed by atoms with van der Waals surface area (Å²) in [4.78, 5) is 29.1. The number of likely N-dealkylation sites (tertiary alicyclic amines) is 1. The number of carbonyl (C=O) groups is 2. The predicted octanol–water partition coefficient (Wildman–Crippen LogP) is 1.37. The Morgan fingerprint density at radius 2 is 2.24 bits per heavy atom. The molecule has 1 unspecified atom stereocenters. The Morgan fingerprint density at radius 3 is 2.88 bits per heavy atom. The topological polar surface area (TPSA) is 55.2 Å². The molecule has 5 heteroatoms. The van der Waals surface area contributed by atoms with E-state index in [1.165, 1.54) is 4.90 Å². The SMILES string of the molecule is CCCCCN1C(=O)CC(n2ccnc2)C1=O. The van der Waals surface area contributed by atoms with Crippen LogP contribution in [0.1, 0.15) is 38.6 Å². The molecule has 1 fully saturated rings. The minimum Gasteiger partial charge on any atom is -0.324 e. The summed E-state index contributed by atoms with van der Waals surface area (Å²) >= 11 is 0. The molecule has 1 aromatic heterocycles. The lowest BCUT2D eigenvalue weighted by Gasteiger charge is -2.14. The number of imidazole rings is 1. The standard InChI is InChI=1S/C12H17N3O2/c1-2-3-4-6-15-11(16)8-10(12(15)17)14-7-5-13-9-14/h5,7,9-10H,2-4,6,8H2,1H3. The van der Waals surface area contributed by atoms with E-state index in [1.807, 2.05) is 0 Å². The Kier molecular flexibility index (Phi) is 3.56. The number of unbranched alkanes of at least 4 members (excludes halogenated alkanes) is 2. The van der Waals surface area contributed by atoms with E-state index in [-0.39, 0.29) is 24.3 Å². The van der Waals surface area contributed by atoms with Crippen molar-refractivity contribution in [1.29, 1.82) is 0 Å². The third-order valence-electron chi connectivity index (χ3n) is 3.09. The molecule has 0 aliphatic carbocycles. The summed E-state index contributed by atoms with van der Waals surface area (Å²) in [6, 6.07) is -0.383. The second-order valence-corrected chi connectivity index (χ2v) is 4.32. The zero-order valence-electron chi connectivity index (χ0n) is 10.0. The Hall–Kier alpha value is -1.65. The first-order valence-corrected chi connectivity index (χ1v) is 6.05. The molecule has 1 aliphatic heterocycles. The van der Waals surface area contributed by atoms with Gasteiger partial charge in [0.25, 0.3) is 5.91 Å². The van der Waals surface area contributed by atoms with E-state index in [1.54, 1.807) is 23.3 Å². The van der Waals surface area contributed by atoms with Gasteiger partial charge in [-0.25, -0.2) is 4.98 Å². The quantitative estimate of drug-likeness (QED) is 0.572. The summed E-state index contributed by atoms with van der Waals surface area (Å²) in [5.41, 5.74) is 0. The van der Waals surface area contributed by atoms with Crippen molar-refractivity contribution in [2.24, 2.45) is 0 Å². The molecule has 1 aliphatic rings. The molecule has 2 amide bonds. The molecular weight excluding hydrogens is 218 g/mol. The average Bonchev–Trinajstić information content (AvgIpc) is 2.91. The zero-order valence-corrected chi connectivity index (χ0v) is 10.0. The van der Waals surface area contributed by atoms with Crippen LogP contribution in [0.2, 0.25) is 0 Å². The van der Waals surface area contributed by atoms with Crippen LogP contribution >= 0.6 is 0 Å². The Bertz CT molecular complexity index is 400. The van der Waals surface area contributed by atoms with Crippen molar-refractivity contribution in [3.05, 3.63) is 18.7 Å². The Balaban J connectivity index is 2.01. The van der Waals surface area contributed by atoms with E-state index < -0.39 is 0 Å². The van der Waals surface area contributed by atoms with Gasteiger partial charge in [0.05, 0.1) is 12.7 Å². The first kappa shape index (κ1) is 11.8. The van der Waals surface area contributed by atoms with Crippen LogP contribution in [0.3, 0.4) is 0 Å². The zero-order chi connectivity index (χ0) is 12.3. The number of carbonyl (C=O) groups excluding carboxylic acids is 2. The molecule has 2 heterocycles. The Labute approximate surface area is 100 Å². The fourth-order valence-electron chi connectivity index (χ4n) is 2.11. The highest BCUT2D eigenvalue weighted by atomic mass is 16.2. The first-order chi connectivity index (χ1) is 8.24.